The number of nitrogens with two attached hydrogens (primary N) is 1. The molecule has 3 rings (SSSR count). The first-order valence-electron chi connectivity index (χ1n) is 6.15. The van der Waals surface area contributed by atoms with Crippen molar-refractivity contribution in [1.82, 2.24) is 14.6 Å². The number of aryl methyl sites for hydroxylation is 1. The van der Waals surface area contributed by atoms with Gasteiger partial charge in [0.1, 0.15) is 5.82 Å². The number of aromatic nitrogens is 3. The van der Waals surface area contributed by atoms with Crippen molar-refractivity contribution < 1.29 is 13.2 Å². The van der Waals surface area contributed by atoms with Crippen LogP contribution in [0.5, 0.6) is 0 Å². The zero-order chi connectivity index (χ0) is 15.2. The minimum absolute atomic E-state index is 0.0168. The number of benzene rings is 1. The predicted octanol–water partition coefficient (Wildman–Crippen LogP) is 3.31. The van der Waals surface area contributed by atoms with Crippen LogP contribution in [0, 0.1) is 6.92 Å². The zero-order valence-electron chi connectivity index (χ0n) is 11.0. The minimum atomic E-state index is -4.44. The minimum Gasteiger partial charge on any atom is -0.382 e. The smallest absolute Gasteiger partial charge is 0.382 e. The zero-order valence-corrected chi connectivity index (χ0v) is 11.0. The molecule has 108 valence electrons. The van der Waals surface area contributed by atoms with Crippen molar-refractivity contribution in [2.24, 2.45) is 0 Å². The van der Waals surface area contributed by atoms with Crippen molar-refractivity contribution in [2.75, 3.05) is 5.73 Å². The maximum absolute atomic E-state index is 13.1. The summed E-state index contributed by atoms with van der Waals surface area (Å²) in [7, 11) is 0. The van der Waals surface area contributed by atoms with Gasteiger partial charge in [0.15, 0.2) is 5.65 Å². The molecule has 4 nitrogen and oxygen atoms in total. The highest BCUT2D eigenvalue weighted by atomic mass is 19.4. The molecule has 0 saturated carbocycles. The second-order valence-corrected chi connectivity index (χ2v) is 4.67. The topological polar surface area (TPSA) is 56.2 Å². The molecule has 0 fully saturated rings. The lowest BCUT2D eigenvalue weighted by molar-refractivity contribution is -0.137. The lowest BCUT2D eigenvalue weighted by Crippen LogP contribution is -2.08. The molecule has 2 aromatic heterocycles. The van der Waals surface area contributed by atoms with Gasteiger partial charge in [-0.3, -0.25) is 0 Å². The molecular formula is C14H11F3N4. The van der Waals surface area contributed by atoms with Crippen molar-refractivity contribution in [3.8, 4) is 11.3 Å². The summed E-state index contributed by atoms with van der Waals surface area (Å²) >= 11 is 0. The molecule has 0 atom stereocenters. The van der Waals surface area contributed by atoms with E-state index in [0.29, 0.717) is 11.2 Å². The Hall–Kier alpha value is -2.57. The maximum atomic E-state index is 13.1. The van der Waals surface area contributed by atoms with E-state index in [9.17, 15) is 13.2 Å². The quantitative estimate of drug-likeness (QED) is 0.748. The highest BCUT2D eigenvalue weighted by Gasteiger charge is 2.33. The van der Waals surface area contributed by atoms with E-state index in [-0.39, 0.29) is 17.1 Å². The van der Waals surface area contributed by atoms with Gasteiger partial charge in [-0.15, -0.1) is 0 Å². The number of rotatable bonds is 1. The SMILES string of the molecule is Cc1cc(-c2ccccc2C(F)(F)F)nn2c(N)cnc12. The third-order valence-electron chi connectivity index (χ3n) is 3.19. The number of imidazole rings is 1. The van der Waals surface area contributed by atoms with Crippen LogP contribution in [0.1, 0.15) is 11.1 Å². The van der Waals surface area contributed by atoms with E-state index in [1.807, 2.05) is 0 Å². The van der Waals surface area contributed by atoms with Crippen LogP contribution < -0.4 is 5.73 Å². The Kier molecular flexibility index (Phi) is 2.86. The van der Waals surface area contributed by atoms with Gasteiger partial charge in [-0.1, -0.05) is 18.2 Å². The fourth-order valence-electron chi connectivity index (χ4n) is 2.22. The maximum Gasteiger partial charge on any atom is 0.417 e. The van der Waals surface area contributed by atoms with Gasteiger partial charge in [-0.05, 0) is 24.6 Å². The van der Waals surface area contributed by atoms with Crippen LogP contribution in [-0.4, -0.2) is 14.6 Å². The molecular weight excluding hydrogens is 281 g/mol. The predicted molar refractivity (Wildman–Crippen MR) is 72.6 cm³/mol. The van der Waals surface area contributed by atoms with E-state index >= 15 is 0 Å². The van der Waals surface area contributed by atoms with Crippen LogP contribution in [0.25, 0.3) is 16.9 Å². The summed E-state index contributed by atoms with van der Waals surface area (Å²) in [5.41, 5.74) is 6.46. The summed E-state index contributed by atoms with van der Waals surface area (Å²) in [6.45, 7) is 1.75. The molecule has 3 aromatic rings. The van der Waals surface area contributed by atoms with Crippen LogP contribution in [-0.2, 0) is 6.18 Å². The molecule has 0 bridgehead atoms. The summed E-state index contributed by atoms with van der Waals surface area (Å²) in [6, 6.07) is 6.90. The van der Waals surface area contributed by atoms with E-state index < -0.39 is 11.7 Å². The van der Waals surface area contributed by atoms with Crippen molar-refractivity contribution >= 4 is 11.5 Å². The van der Waals surface area contributed by atoms with E-state index in [1.165, 1.54) is 22.8 Å². The first-order valence-corrected chi connectivity index (χ1v) is 6.15. The molecule has 21 heavy (non-hydrogen) atoms. The van der Waals surface area contributed by atoms with Crippen molar-refractivity contribution in [3.63, 3.8) is 0 Å². The second kappa shape index (κ2) is 4.47. The Morgan fingerprint density at radius 2 is 1.90 bits per heavy atom. The van der Waals surface area contributed by atoms with Gasteiger partial charge >= 0.3 is 6.18 Å². The number of nitrogens with zero attached hydrogens (tertiary/aromatic N) is 3. The fraction of sp³-hybridized carbons (Fsp3) is 0.143. The molecule has 0 radical (unpaired) electrons. The molecule has 2 heterocycles. The number of fused-ring (bicyclic) bond motifs is 1. The van der Waals surface area contributed by atoms with Crippen LogP contribution in [0.4, 0.5) is 19.0 Å². The summed E-state index contributed by atoms with van der Waals surface area (Å²) in [5, 5.41) is 4.17. The van der Waals surface area contributed by atoms with Gasteiger partial charge in [-0.25, -0.2) is 4.98 Å². The normalized spacial score (nSPS) is 12.0. The Bertz CT molecular complexity index is 821. The third-order valence-corrected chi connectivity index (χ3v) is 3.19. The summed E-state index contributed by atoms with van der Waals surface area (Å²) in [4.78, 5) is 4.08. The van der Waals surface area contributed by atoms with E-state index in [4.69, 9.17) is 5.73 Å². The highest BCUT2D eigenvalue weighted by Crippen LogP contribution is 2.36. The van der Waals surface area contributed by atoms with Crippen LogP contribution >= 0.6 is 0 Å². The number of hydrogen-bond donors (Lipinski definition) is 1. The largest absolute Gasteiger partial charge is 0.417 e. The van der Waals surface area contributed by atoms with E-state index in [1.54, 1.807) is 19.1 Å². The van der Waals surface area contributed by atoms with Gasteiger partial charge in [0.2, 0.25) is 0 Å². The fourth-order valence-corrected chi connectivity index (χ4v) is 2.22. The average Bonchev–Trinajstić information content (AvgIpc) is 2.80. The van der Waals surface area contributed by atoms with Gasteiger partial charge in [0.25, 0.3) is 0 Å². The molecule has 0 saturated heterocycles. The van der Waals surface area contributed by atoms with Crippen molar-refractivity contribution in [1.29, 1.82) is 0 Å². The molecule has 2 N–H and O–H groups in total. The third kappa shape index (κ3) is 2.20. The monoisotopic (exact) mass is 292 g/mol. The average molecular weight is 292 g/mol. The van der Waals surface area contributed by atoms with Crippen molar-refractivity contribution in [3.05, 3.63) is 47.7 Å². The Balaban J connectivity index is 2.29. The first-order chi connectivity index (χ1) is 9.88. The van der Waals surface area contributed by atoms with E-state index in [2.05, 4.69) is 10.1 Å². The van der Waals surface area contributed by atoms with Crippen LogP contribution in [0.15, 0.2) is 36.5 Å². The molecule has 0 unspecified atom stereocenters. The molecule has 0 aliphatic rings. The molecule has 0 aliphatic heterocycles. The number of anilines is 1. The molecule has 1 aromatic carbocycles. The lowest BCUT2D eigenvalue weighted by atomic mass is 10.0. The van der Waals surface area contributed by atoms with Crippen molar-refractivity contribution in [2.45, 2.75) is 13.1 Å². The second-order valence-electron chi connectivity index (χ2n) is 4.67. The lowest BCUT2D eigenvalue weighted by Gasteiger charge is -2.13. The van der Waals surface area contributed by atoms with Gasteiger partial charge in [-0.2, -0.15) is 22.8 Å². The molecule has 0 amide bonds. The Morgan fingerprint density at radius 3 is 2.62 bits per heavy atom. The Labute approximate surface area is 118 Å². The summed E-state index contributed by atoms with van der Waals surface area (Å²) in [5.74, 6) is 0.277. The number of alkyl halides is 3. The van der Waals surface area contributed by atoms with Gasteiger partial charge in [0.05, 0.1) is 17.5 Å². The molecule has 0 aliphatic carbocycles. The van der Waals surface area contributed by atoms with E-state index in [0.717, 1.165) is 6.07 Å². The summed E-state index contributed by atoms with van der Waals surface area (Å²) in [6.07, 6.45) is -3.02. The van der Waals surface area contributed by atoms with Crippen LogP contribution in [0.2, 0.25) is 0 Å². The van der Waals surface area contributed by atoms with Crippen LogP contribution in [0.3, 0.4) is 0 Å². The molecule has 0 spiro atoms. The number of hydrogen-bond acceptors (Lipinski definition) is 3. The van der Waals surface area contributed by atoms with Gasteiger partial charge in [0, 0.05) is 5.56 Å². The summed E-state index contributed by atoms with van der Waals surface area (Å²) < 4.78 is 40.6. The highest BCUT2D eigenvalue weighted by molar-refractivity contribution is 5.67. The number of halogens is 3. The standard InChI is InChI=1S/C14H11F3N4/c1-8-6-11(20-21-12(18)7-19-13(8)21)9-4-2-3-5-10(9)14(15,16)17/h2-7H,18H2,1H3. The number of nitrogen functional groups attached to an aromatic ring is 1. The Morgan fingerprint density at radius 1 is 1.19 bits per heavy atom. The first kappa shape index (κ1) is 13.4. The van der Waals surface area contributed by atoms with Gasteiger partial charge < -0.3 is 5.73 Å². The molecule has 7 heteroatoms.